The molecule has 0 saturated carbocycles. The number of piperidine rings is 1. The number of pyridine rings is 1. The summed E-state index contributed by atoms with van der Waals surface area (Å²) in [5, 5.41) is 14.1. The second-order valence-electron chi connectivity index (χ2n) is 6.47. The number of hydrogen-bond acceptors (Lipinski definition) is 7. The Bertz CT molecular complexity index is 931. The summed E-state index contributed by atoms with van der Waals surface area (Å²) < 4.78 is 4.97. The van der Waals surface area contributed by atoms with Gasteiger partial charge < -0.3 is 15.0 Å². The molecule has 3 rings (SSSR count). The van der Waals surface area contributed by atoms with Gasteiger partial charge in [0.25, 0.3) is 11.6 Å². The Morgan fingerprint density at radius 2 is 2.00 bits per heavy atom. The first-order valence-corrected chi connectivity index (χ1v) is 9.44. The minimum atomic E-state index is -0.828. The quantitative estimate of drug-likeness (QED) is 0.330. The van der Waals surface area contributed by atoms with Crippen LogP contribution in [0.5, 0.6) is 0 Å². The molecule has 1 aliphatic rings. The van der Waals surface area contributed by atoms with Crippen molar-refractivity contribution in [2.45, 2.75) is 19.3 Å². The van der Waals surface area contributed by atoms with Gasteiger partial charge in [0.2, 0.25) is 0 Å². The number of anilines is 2. The first-order chi connectivity index (χ1) is 14.0. The topological polar surface area (TPSA) is 115 Å². The van der Waals surface area contributed by atoms with Crippen LogP contribution in [0.2, 0.25) is 5.15 Å². The van der Waals surface area contributed by atoms with Gasteiger partial charge in [-0.3, -0.25) is 14.9 Å². The lowest BCUT2D eigenvalue weighted by atomic mass is 10.1. The third-order valence-electron chi connectivity index (χ3n) is 4.47. The molecule has 1 fully saturated rings. The molecule has 152 valence electrons. The Morgan fingerprint density at radius 3 is 2.69 bits per heavy atom. The Labute approximate surface area is 171 Å². The molecule has 0 radical (unpaired) electrons. The highest BCUT2D eigenvalue weighted by molar-refractivity contribution is 6.32. The molecule has 1 N–H and O–H groups in total. The van der Waals surface area contributed by atoms with Crippen LogP contribution >= 0.6 is 11.6 Å². The summed E-state index contributed by atoms with van der Waals surface area (Å²) in [6.07, 6.45) is 4.51. The molecule has 0 spiro atoms. The molecule has 2 aromatic rings. The molecular formula is C19H19ClN4O5. The van der Waals surface area contributed by atoms with Crippen molar-refractivity contribution in [1.29, 1.82) is 0 Å². The smallest absolute Gasteiger partial charge is 0.338 e. The van der Waals surface area contributed by atoms with Crippen molar-refractivity contribution in [3.05, 3.63) is 57.4 Å². The zero-order valence-corrected chi connectivity index (χ0v) is 16.2. The zero-order chi connectivity index (χ0) is 20.8. The average Bonchev–Trinajstić information content (AvgIpc) is 2.74. The summed E-state index contributed by atoms with van der Waals surface area (Å²) in [5.74, 6) is -1.43. The molecule has 1 aromatic carbocycles. The normalized spacial score (nSPS) is 13.6. The Balaban J connectivity index is 1.65. The van der Waals surface area contributed by atoms with Crippen molar-refractivity contribution in [1.82, 2.24) is 4.98 Å². The lowest BCUT2D eigenvalue weighted by molar-refractivity contribution is -0.384. The van der Waals surface area contributed by atoms with Gasteiger partial charge in [0.05, 0.1) is 16.2 Å². The van der Waals surface area contributed by atoms with E-state index in [4.69, 9.17) is 16.3 Å². The number of halogens is 1. The van der Waals surface area contributed by atoms with Gasteiger partial charge in [-0.25, -0.2) is 9.78 Å². The minimum absolute atomic E-state index is 0.00432. The van der Waals surface area contributed by atoms with Crippen LogP contribution in [-0.4, -0.2) is 41.5 Å². The molecule has 9 nitrogen and oxygen atoms in total. The standard InChI is InChI=1S/C19H19ClN4O5/c20-18-14(5-4-8-21-18)22-17(25)12-29-19(26)13-6-7-15(16(11-13)24(27)28)23-9-2-1-3-10-23/h4-8,11H,1-3,9-10,12H2,(H,22,25). The van der Waals surface area contributed by atoms with E-state index in [0.717, 1.165) is 32.4 Å². The number of rotatable bonds is 6. The number of nitro groups is 1. The first kappa shape index (κ1) is 20.5. The number of esters is 1. The Hall–Kier alpha value is -3.20. The largest absolute Gasteiger partial charge is 0.452 e. The fourth-order valence-corrected chi connectivity index (χ4v) is 3.25. The third-order valence-corrected chi connectivity index (χ3v) is 4.77. The Morgan fingerprint density at radius 1 is 1.24 bits per heavy atom. The van der Waals surface area contributed by atoms with Crippen LogP contribution in [0, 0.1) is 10.1 Å². The predicted molar refractivity (Wildman–Crippen MR) is 107 cm³/mol. The molecule has 10 heteroatoms. The predicted octanol–water partition coefficient (Wildman–Crippen LogP) is 3.43. The molecule has 0 bridgehead atoms. The number of nitrogens with one attached hydrogen (secondary N) is 1. The summed E-state index contributed by atoms with van der Waals surface area (Å²) in [6, 6.07) is 7.35. The van der Waals surface area contributed by atoms with Gasteiger partial charge in [-0.1, -0.05) is 11.6 Å². The van der Waals surface area contributed by atoms with Gasteiger partial charge in [0.1, 0.15) is 5.69 Å². The second-order valence-corrected chi connectivity index (χ2v) is 6.83. The van der Waals surface area contributed by atoms with Crippen molar-refractivity contribution in [2.24, 2.45) is 0 Å². The molecule has 2 heterocycles. The number of aromatic nitrogens is 1. The van der Waals surface area contributed by atoms with Crippen LogP contribution in [-0.2, 0) is 9.53 Å². The highest BCUT2D eigenvalue weighted by Gasteiger charge is 2.23. The number of carbonyl (C=O) groups excluding carboxylic acids is 2. The van der Waals surface area contributed by atoms with E-state index < -0.39 is 23.4 Å². The number of carbonyl (C=O) groups is 2. The monoisotopic (exact) mass is 418 g/mol. The van der Waals surface area contributed by atoms with Gasteiger partial charge in [0.15, 0.2) is 11.8 Å². The van der Waals surface area contributed by atoms with E-state index >= 15 is 0 Å². The highest BCUT2D eigenvalue weighted by Crippen LogP contribution is 2.31. The molecule has 1 aromatic heterocycles. The van der Waals surface area contributed by atoms with Crippen LogP contribution in [0.15, 0.2) is 36.5 Å². The van der Waals surface area contributed by atoms with Crippen molar-refractivity contribution in [3.8, 4) is 0 Å². The zero-order valence-electron chi connectivity index (χ0n) is 15.5. The lowest BCUT2D eigenvalue weighted by Gasteiger charge is -2.28. The van der Waals surface area contributed by atoms with Gasteiger partial charge in [0, 0.05) is 25.4 Å². The molecule has 1 amide bonds. The van der Waals surface area contributed by atoms with Crippen molar-refractivity contribution in [3.63, 3.8) is 0 Å². The molecule has 1 saturated heterocycles. The summed E-state index contributed by atoms with van der Waals surface area (Å²) >= 11 is 5.85. The number of nitro benzene ring substituents is 1. The van der Waals surface area contributed by atoms with E-state index in [2.05, 4.69) is 10.3 Å². The third kappa shape index (κ3) is 5.20. The van der Waals surface area contributed by atoms with E-state index in [-0.39, 0.29) is 22.1 Å². The minimum Gasteiger partial charge on any atom is -0.452 e. The fraction of sp³-hybridized carbons (Fsp3) is 0.316. The van der Waals surface area contributed by atoms with Crippen LogP contribution in [0.4, 0.5) is 17.1 Å². The molecule has 0 unspecified atom stereocenters. The molecule has 0 aliphatic carbocycles. The molecule has 0 atom stereocenters. The van der Waals surface area contributed by atoms with Crippen LogP contribution < -0.4 is 10.2 Å². The summed E-state index contributed by atoms with van der Waals surface area (Å²) in [4.78, 5) is 40.9. The van der Waals surface area contributed by atoms with Gasteiger partial charge in [-0.05, 0) is 43.5 Å². The SMILES string of the molecule is O=C(COC(=O)c1ccc(N2CCCCC2)c([N+](=O)[O-])c1)Nc1cccnc1Cl. The van der Waals surface area contributed by atoms with Crippen molar-refractivity contribution in [2.75, 3.05) is 29.9 Å². The maximum absolute atomic E-state index is 12.3. The average molecular weight is 419 g/mol. The number of hydrogen-bond donors (Lipinski definition) is 1. The summed E-state index contributed by atoms with van der Waals surface area (Å²) in [6.45, 7) is 0.912. The number of ether oxygens (including phenoxy) is 1. The van der Waals surface area contributed by atoms with E-state index in [1.165, 1.54) is 18.3 Å². The van der Waals surface area contributed by atoms with Gasteiger partial charge in [-0.15, -0.1) is 0 Å². The lowest BCUT2D eigenvalue weighted by Crippen LogP contribution is -2.30. The van der Waals surface area contributed by atoms with E-state index in [0.29, 0.717) is 5.69 Å². The highest BCUT2D eigenvalue weighted by atomic mass is 35.5. The molecular weight excluding hydrogens is 400 g/mol. The number of nitrogens with zero attached hydrogens (tertiary/aromatic N) is 3. The van der Waals surface area contributed by atoms with Crippen molar-refractivity contribution >= 4 is 40.5 Å². The first-order valence-electron chi connectivity index (χ1n) is 9.06. The Kier molecular flexibility index (Phi) is 6.61. The fourth-order valence-electron chi connectivity index (χ4n) is 3.08. The van der Waals surface area contributed by atoms with Gasteiger partial charge in [-0.2, -0.15) is 0 Å². The molecule has 29 heavy (non-hydrogen) atoms. The second kappa shape index (κ2) is 9.33. The summed E-state index contributed by atoms with van der Waals surface area (Å²) in [7, 11) is 0. The maximum Gasteiger partial charge on any atom is 0.338 e. The number of benzene rings is 1. The van der Waals surface area contributed by atoms with Crippen LogP contribution in [0.3, 0.4) is 0 Å². The molecule has 1 aliphatic heterocycles. The van der Waals surface area contributed by atoms with Gasteiger partial charge >= 0.3 is 5.97 Å². The number of amides is 1. The van der Waals surface area contributed by atoms with E-state index in [1.54, 1.807) is 18.2 Å². The van der Waals surface area contributed by atoms with Crippen LogP contribution in [0.1, 0.15) is 29.6 Å². The maximum atomic E-state index is 12.3. The van der Waals surface area contributed by atoms with E-state index in [1.807, 2.05) is 4.90 Å². The van der Waals surface area contributed by atoms with E-state index in [9.17, 15) is 19.7 Å². The van der Waals surface area contributed by atoms with Crippen LogP contribution in [0.25, 0.3) is 0 Å². The summed E-state index contributed by atoms with van der Waals surface area (Å²) in [5.41, 5.74) is 0.615. The van der Waals surface area contributed by atoms with Crippen molar-refractivity contribution < 1.29 is 19.2 Å².